The second-order valence-corrected chi connectivity index (χ2v) is 6.63. The Morgan fingerprint density at radius 3 is 2.69 bits per heavy atom. The third kappa shape index (κ3) is 4.96. The van der Waals surface area contributed by atoms with Gasteiger partial charge in [0.25, 0.3) is 11.8 Å². The lowest BCUT2D eigenvalue weighted by atomic mass is 10.1. The number of benzene rings is 1. The minimum absolute atomic E-state index is 0.104. The summed E-state index contributed by atoms with van der Waals surface area (Å²) in [4.78, 5) is 35.6. The van der Waals surface area contributed by atoms with Crippen LogP contribution in [0.4, 0.5) is 5.00 Å². The van der Waals surface area contributed by atoms with Crippen molar-refractivity contribution in [2.75, 3.05) is 12.4 Å². The standard InChI is InChI=1S/C17H17ClN2O5S/c1-9(16(23)20-17-12(15(19)22)5-6-26-17)25-14(21)8-10-7-11(18)3-4-13(10)24-2/h3-7,9H,8H2,1-2H3,(H2,19,22)(H,20,23)/t9-/m0/s1. The second-order valence-electron chi connectivity index (χ2n) is 5.28. The number of rotatable bonds is 7. The van der Waals surface area contributed by atoms with E-state index in [9.17, 15) is 14.4 Å². The van der Waals surface area contributed by atoms with Crippen molar-refractivity contribution in [1.29, 1.82) is 0 Å². The van der Waals surface area contributed by atoms with Gasteiger partial charge in [0.15, 0.2) is 6.10 Å². The highest BCUT2D eigenvalue weighted by molar-refractivity contribution is 7.14. The van der Waals surface area contributed by atoms with Crippen LogP contribution in [0.15, 0.2) is 29.6 Å². The van der Waals surface area contributed by atoms with Crippen LogP contribution < -0.4 is 15.8 Å². The summed E-state index contributed by atoms with van der Waals surface area (Å²) >= 11 is 7.07. The number of halogens is 1. The molecule has 3 N–H and O–H groups in total. The van der Waals surface area contributed by atoms with Gasteiger partial charge >= 0.3 is 5.97 Å². The van der Waals surface area contributed by atoms with Gasteiger partial charge in [-0.2, -0.15) is 0 Å². The molecule has 0 saturated carbocycles. The summed E-state index contributed by atoms with van der Waals surface area (Å²) in [6, 6.07) is 6.38. The number of ether oxygens (including phenoxy) is 2. The third-order valence-corrected chi connectivity index (χ3v) is 4.49. The highest BCUT2D eigenvalue weighted by atomic mass is 35.5. The molecule has 0 aliphatic carbocycles. The van der Waals surface area contributed by atoms with E-state index in [-0.39, 0.29) is 12.0 Å². The smallest absolute Gasteiger partial charge is 0.311 e. The molecule has 0 fully saturated rings. The van der Waals surface area contributed by atoms with Gasteiger partial charge in [-0.25, -0.2) is 0 Å². The first-order valence-corrected chi connectivity index (χ1v) is 8.77. The maximum absolute atomic E-state index is 12.2. The molecular formula is C17H17ClN2O5S. The van der Waals surface area contributed by atoms with Gasteiger partial charge in [0.05, 0.1) is 19.1 Å². The summed E-state index contributed by atoms with van der Waals surface area (Å²) in [6.07, 6.45) is -1.16. The topological polar surface area (TPSA) is 108 Å². The monoisotopic (exact) mass is 396 g/mol. The first-order chi connectivity index (χ1) is 12.3. The fraction of sp³-hybridized carbons (Fsp3) is 0.235. The number of carbonyl (C=O) groups is 3. The normalized spacial score (nSPS) is 11.5. The summed E-state index contributed by atoms with van der Waals surface area (Å²) in [5, 5.41) is 4.91. The summed E-state index contributed by atoms with van der Waals surface area (Å²) in [7, 11) is 1.48. The minimum Gasteiger partial charge on any atom is -0.496 e. The van der Waals surface area contributed by atoms with E-state index < -0.39 is 23.9 Å². The van der Waals surface area contributed by atoms with E-state index in [2.05, 4.69) is 5.32 Å². The molecule has 0 aliphatic heterocycles. The number of hydrogen-bond donors (Lipinski definition) is 2. The Morgan fingerprint density at radius 2 is 2.04 bits per heavy atom. The van der Waals surface area contributed by atoms with Crippen molar-refractivity contribution in [3.63, 3.8) is 0 Å². The zero-order valence-corrected chi connectivity index (χ0v) is 15.6. The fourth-order valence-electron chi connectivity index (χ4n) is 2.15. The predicted molar refractivity (Wildman–Crippen MR) is 98.7 cm³/mol. The molecule has 0 bridgehead atoms. The van der Waals surface area contributed by atoms with E-state index in [1.54, 1.807) is 23.6 Å². The highest BCUT2D eigenvalue weighted by Gasteiger charge is 2.21. The van der Waals surface area contributed by atoms with Crippen molar-refractivity contribution in [2.24, 2.45) is 5.73 Å². The molecule has 2 aromatic rings. The van der Waals surface area contributed by atoms with E-state index in [4.69, 9.17) is 26.8 Å². The molecule has 2 rings (SSSR count). The molecule has 2 amide bonds. The molecule has 0 unspecified atom stereocenters. The Kier molecular flexibility index (Phi) is 6.59. The van der Waals surface area contributed by atoms with Crippen molar-refractivity contribution in [2.45, 2.75) is 19.4 Å². The van der Waals surface area contributed by atoms with E-state index in [1.807, 2.05) is 0 Å². The highest BCUT2D eigenvalue weighted by Crippen LogP contribution is 2.24. The predicted octanol–water partition coefficient (Wildman–Crippen LogP) is 2.62. The number of esters is 1. The van der Waals surface area contributed by atoms with Crippen LogP contribution in [0, 0.1) is 0 Å². The van der Waals surface area contributed by atoms with Crippen molar-refractivity contribution in [3.8, 4) is 5.75 Å². The minimum atomic E-state index is -1.06. The molecule has 9 heteroatoms. The first kappa shape index (κ1) is 19.7. The quantitative estimate of drug-likeness (QED) is 0.699. The van der Waals surface area contributed by atoms with Crippen LogP contribution in [0.25, 0.3) is 0 Å². The number of carbonyl (C=O) groups excluding carboxylic acids is 3. The molecule has 1 aromatic heterocycles. The van der Waals surface area contributed by atoms with Crippen LogP contribution in [0.5, 0.6) is 5.75 Å². The largest absolute Gasteiger partial charge is 0.496 e. The van der Waals surface area contributed by atoms with Crippen molar-refractivity contribution in [3.05, 3.63) is 45.8 Å². The molecule has 26 heavy (non-hydrogen) atoms. The van der Waals surface area contributed by atoms with Crippen LogP contribution >= 0.6 is 22.9 Å². The molecular weight excluding hydrogens is 380 g/mol. The van der Waals surface area contributed by atoms with Crippen molar-refractivity contribution < 1.29 is 23.9 Å². The molecule has 138 valence electrons. The van der Waals surface area contributed by atoms with Gasteiger partial charge < -0.3 is 20.5 Å². The van der Waals surface area contributed by atoms with Gasteiger partial charge in [-0.3, -0.25) is 14.4 Å². The van der Waals surface area contributed by atoms with Crippen LogP contribution in [0.2, 0.25) is 5.02 Å². The molecule has 1 heterocycles. The second kappa shape index (κ2) is 8.68. The lowest BCUT2D eigenvalue weighted by molar-refractivity contribution is -0.152. The summed E-state index contributed by atoms with van der Waals surface area (Å²) < 4.78 is 10.3. The number of amides is 2. The summed E-state index contributed by atoms with van der Waals surface area (Å²) in [5.41, 5.74) is 5.97. The zero-order chi connectivity index (χ0) is 19.3. The van der Waals surface area contributed by atoms with Gasteiger partial charge in [0.2, 0.25) is 0 Å². The van der Waals surface area contributed by atoms with Gasteiger partial charge in [-0.05, 0) is 36.6 Å². The molecule has 7 nitrogen and oxygen atoms in total. The number of thiophene rings is 1. The SMILES string of the molecule is COc1ccc(Cl)cc1CC(=O)O[C@@H](C)C(=O)Nc1sccc1C(N)=O. The average Bonchev–Trinajstić information content (AvgIpc) is 3.03. The Morgan fingerprint density at radius 1 is 1.31 bits per heavy atom. The number of hydrogen-bond acceptors (Lipinski definition) is 6. The Hall–Kier alpha value is -2.58. The summed E-state index contributed by atoms with van der Waals surface area (Å²) in [5.74, 6) is -1.34. The van der Waals surface area contributed by atoms with Crippen LogP contribution in [-0.2, 0) is 20.7 Å². The lowest BCUT2D eigenvalue weighted by Gasteiger charge is -2.14. The Labute approximate surface area is 159 Å². The maximum Gasteiger partial charge on any atom is 0.311 e. The van der Waals surface area contributed by atoms with Gasteiger partial charge in [0, 0.05) is 10.6 Å². The van der Waals surface area contributed by atoms with Gasteiger partial charge in [-0.15, -0.1) is 11.3 Å². The number of anilines is 1. The number of nitrogens with two attached hydrogens (primary N) is 1. The van der Waals surface area contributed by atoms with E-state index in [0.29, 0.717) is 21.3 Å². The third-order valence-electron chi connectivity index (χ3n) is 3.42. The van der Waals surface area contributed by atoms with E-state index in [0.717, 1.165) is 11.3 Å². The zero-order valence-electron chi connectivity index (χ0n) is 14.1. The fourth-order valence-corrected chi connectivity index (χ4v) is 3.14. The average molecular weight is 397 g/mol. The van der Waals surface area contributed by atoms with E-state index in [1.165, 1.54) is 20.1 Å². The van der Waals surface area contributed by atoms with Crippen LogP contribution in [0.1, 0.15) is 22.8 Å². The van der Waals surface area contributed by atoms with E-state index >= 15 is 0 Å². The maximum atomic E-state index is 12.2. The van der Waals surface area contributed by atoms with Gasteiger partial charge in [-0.1, -0.05) is 11.6 Å². The molecule has 1 aromatic carbocycles. The van der Waals surface area contributed by atoms with Gasteiger partial charge in [0.1, 0.15) is 10.8 Å². The Balaban J connectivity index is 1.98. The van der Waals surface area contributed by atoms with Crippen molar-refractivity contribution >= 4 is 45.7 Å². The molecule has 0 aliphatic rings. The summed E-state index contributed by atoms with van der Waals surface area (Å²) in [6.45, 7) is 1.43. The Bertz CT molecular complexity index is 836. The van der Waals surface area contributed by atoms with Crippen LogP contribution in [0.3, 0.4) is 0 Å². The number of primary amides is 1. The van der Waals surface area contributed by atoms with Crippen LogP contribution in [-0.4, -0.2) is 31.0 Å². The van der Waals surface area contributed by atoms with Crippen molar-refractivity contribution in [1.82, 2.24) is 0 Å². The molecule has 0 saturated heterocycles. The first-order valence-electron chi connectivity index (χ1n) is 7.52. The number of nitrogens with one attached hydrogen (secondary N) is 1. The molecule has 0 spiro atoms. The number of methoxy groups -OCH3 is 1. The molecule has 1 atom stereocenters. The molecule has 0 radical (unpaired) electrons. The lowest BCUT2D eigenvalue weighted by Crippen LogP contribution is -2.31.